The summed E-state index contributed by atoms with van der Waals surface area (Å²) in [6, 6.07) is 12.3. The fourth-order valence-electron chi connectivity index (χ4n) is 2.63. The van der Waals surface area contributed by atoms with Gasteiger partial charge in [-0.2, -0.15) is 5.10 Å². The number of aromatic amines is 1. The number of H-pyrrole nitrogens is 1. The fraction of sp³-hybridized carbons (Fsp3) is 0.0625. The van der Waals surface area contributed by atoms with Crippen LogP contribution in [0.2, 0.25) is 5.02 Å². The zero-order valence-corrected chi connectivity index (χ0v) is 11.6. The van der Waals surface area contributed by atoms with E-state index in [0.29, 0.717) is 0 Å². The lowest BCUT2D eigenvalue weighted by Gasteiger charge is -1.98. The van der Waals surface area contributed by atoms with Crippen molar-refractivity contribution in [1.29, 1.82) is 0 Å². The van der Waals surface area contributed by atoms with Gasteiger partial charge in [0.05, 0.1) is 6.20 Å². The molecule has 0 radical (unpaired) electrons. The van der Waals surface area contributed by atoms with Crippen molar-refractivity contribution < 1.29 is 0 Å². The molecule has 0 unspecified atom stereocenters. The smallest absolute Gasteiger partial charge is 0.0568 e. The Balaban J connectivity index is 1.98. The number of fused-ring (bicyclic) bond motifs is 3. The standard InChI is InChI=1S/C16H12ClN3/c1-20-9-11(8-18-20)10-2-4-13-14-7-12(17)3-5-15(14)19-16(13)6-10/h2-9,19H,1H3. The molecule has 98 valence electrons. The molecule has 0 spiro atoms. The van der Waals surface area contributed by atoms with Crippen LogP contribution in [-0.2, 0) is 7.05 Å². The predicted octanol–water partition coefficient (Wildman–Crippen LogP) is 4.38. The van der Waals surface area contributed by atoms with Gasteiger partial charge in [-0.25, -0.2) is 0 Å². The minimum Gasteiger partial charge on any atom is -0.354 e. The summed E-state index contributed by atoms with van der Waals surface area (Å²) in [5.74, 6) is 0. The van der Waals surface area contributed by atoms with E-state index in [-0.39, 0.29) is 0 Å². The summed E-state index contributed by atoms with van der Waals surface area (Å²) in [6.07, 6.45) is 3.89. The van der Waals surface area contributed by atoms with Gasteiger partial charge in [0, 0.05) is 45.6 Å². The maximum absolute atomic E-state index is 6.08. The van der Waals surface area contributed by atoms with Gasteiger partial charge in [0.2, 0.25) is 0 Å². The SMILES string of the molecule is Cn1cc(-c2ccc3c(c2)[nH]c2ccc(Cl)cc23)cn1. The van der Waals surface area contributed by atoms with E-state index in [1.807, 2.05) is 42.3 Å². The first-order chi connectivity index (χ1) is 9.70. The molecule has 0 fully saturated rings. The van der Waals surface area contributed by atoms with Gasteiger partial charge in [-0.1, -0.05) is 23.7 Å². The van der Waals surface area contributed by atoms with Crippen LogP contribution in [0.3, 0.4) is 0 Å². The van der Waals surface area contributed by atoms with Crippen molar-refractivity contribution in [2.45, 2.75) is 0 Å². The summed E-state index contributed by atoms with van der Waals surface area (Å²) < 4.78 is 1.81. The fourth-order valence-corrected chi connectivity index (χ4v) is 2.80. The highest BCUT2D eigenvalue weighted by atomic mass is 35.5. The Morgan fingerprint density at radius 3 is 2.70 bits per heavy atom. The second-order valence-corrected chi connectivity index (χ2v) is 5.41. The molecule has 4 rings (SSSR count). The summed E-state index contributed by atoms with van der Waals surface area (Å²) in [4.78, 5) is 3.44. The molecule has 1 N–H and O–H groups in total. The molecule has 2 aromatic carbocycles. The molecule has 4 aromatic rings. The molecule has 0 bridgehead atoms. The van der Waals surface area contributed by atoms with Gasteiger partial charge >= 0.3 is 0 Å². The van der Waals surface area contributed by atoms with E-state index in [9.17, 15) is 0 Å². The third kappa shape index (κ3) is 1.71. The molecule has 0 atom stereocenters. The molecule has 2 aromatic heterocycles. The number of benzene rings is 2. The molecule has 4 heteroatoms. The lowest BCUT2D eigenvalue weighted by atomic mass is 10.1. The van der Waals surface area contributed by atoms with Crippen LogP contribution in [0.25, 0.3) is 32.9 Å². The molecular formula is C16H12ClN3. The maximum atomic E-state index is 6.08. The molecule has 2 heterocycles. The van der Waals surface area contributed by atoms with Crippen molar-refractivity contribution in [2.75, 3.05) is 0 Å². The predicted molar refractivity (Wildman–Crippen MR) is 83.0 cm³/mol. The minimum absolute atomic E-state index is 0.759. The number of aryl methyl sites for hydroxylation is 1. The number of nitrogens with zero attached hydrogens (tertiary/aromatic N) is 2. The van der Waals surface area contributed by atoms with Crippen molar-refractivity contribution in [1.82, 2.24) is 14.8 Å². The van der Waals surface area contributed by atoms with E-state index in [2.05, 4.69) is 28.3 Å². The molecule has 0 aliphatic carbocycles. The summed E-state index contributed by atoms with van der Waals surface area (Å²) in [5, 5.41) is 7.32. The van der Waals surface area contributed by atoms with E-state index in [4.69, 9.17) is 11.6 Å². The van der Waals surface area contributed by atoms with Crippen LogP contribution < -0.4 is 0 Å². The Labute approximate surface area is 120 Å². The summed E-state index contributed by atoms with van der Waals surface area (Å²) in [6.45, 7) is 0. The van der Waals surface area contributed by atoms with Gasteiger partial charge in [-0.3, -0.25) is 4.68 Å². The monoisotopic (exact) mass is 281 g/mol. The lowest BCUT2D eigenvalue weighted by Crippen LogP contribution is -1.84. The molecule has 3 nitrogen and oxygen atoms in total. The van der Waals surface area contributed by atoms with Gasteiger partial charge in [0.25, 0.3) is 0 Å². The van der Waals surface area contributed by atoms with Crippen LogP contribution in [0, 0.1) is 0 Å². The average Bonchev–Trinajstić information content (AvgIpc) is 3.01. The second-order valence-electron chi connectivity index (χ2n) is 4.98. The first-order valence-electron chi connectivity index (χ1n) is 6.41. The van der Waals surface area contributed by atoms with Crippen LogP contribution in [0.15, 0.2) is 48.8 Å². The van der Waals surface area contributed by atoms with Crippen molar-refractivity contribution >= 4 is 33.4 Å². The Hall–Kier alpha value is -2.26. The molecule has 0 saturated carbocycles. The third-order valence-electron chi connectivity index (χ3n) is 3.60. The van der Waals surface area contributed by atoms with Crippen LogP contribution >= 0.6 is 11.6 Å². The molecule has 0 saturated heterocycles. The number of hydrogen-bond donors (Lipinski definition) is 1. The van der Waals surface area contributed by atoms with Gasteiger partial charge in [-0.15, -0.1) is 0 Å². The van der Waals surface area contributed by atoms with E-state index < -0.39 is 0 Å². The third-order valence-corrected chi connectivity index (χ3v) is 3.83. The Bertz CT molecular complexity index is 933. The first-order valence-corrected chi connectivity index (χ1v) is 6.78. The summed E-state index contributed by atoms with van der Waals surface area (Å²) in [7, 11) is 1.92. The number of nitrogens with one attached hydrogen (secondary N) is 1. The van der Waals surface area contributed by atoms with Gasteiger partial charge in [0.1, 0.15) is 0 Å². The first kappa shape index (κ1) is 11.6. The maximum Gasteiger partial charge on any atom is 0.0568 e. The van der Waals surface area contributed by atoms with Gasteiger partial charge in [-0.05, 0) is 29.8 Å². The zero-order chi connectivity index (χ0) is 13.7. The molecule has 0 aliphatic heterocycles. The van der Waals surface area contributed by atoms with Crippen molar-refractivity contribution in [2.24, 2.45) is 7.05 Å². The highest BCUT2D eigenvalue weighted by Crippen LogP contribution is 2.30. The van der Waals surface area contributed by atoms with E-state index in [0.717, 1.165) is 32.6 Å². The minimum atomic E-state index is 0.759. The van der Waals surface area contributed by atoms with E-state index in [1.54, 1.807) is 0 Å². The van der Waals surface area contributed by atoms with E-state index in [1.165, 1.54) is 5.39 Å². The largest absolute Gasteiger partial charge is 0.354 e. The summed E-state index contributed by atoms with van der Waals surface area (Å²) >= 11 is 6.08. The highest BCUT2D eigenvalue weighted by molar-refractivity contribution is 6.31. The lowest BCUT2D eigenvalue weighted by molar-refractivity contribution is 0.768. The van der Waals surface area contributed by atoms with Crippen molar-refractivity contribution in [3.05, 3.63) is 53.8 Å². The number of aromatic nitrogens is 3. The Morgan fingerprint density at radius 2 is 1.90 bits per heavy atom. The van der Waals surface area contributed by atoms with Gasteiger partial charge < -0.3 is 4.98 Å². The molecule has 0 amide bonds. The summed E-state index contributed by atoms with van der Waals surface area (Å²) in [5.41, 5.74) is 4.49. The normalized spacial score (nSPS) is 11.5. The highest BCUT2D eigenvalue weighted by Gasteiger charge is 2.07. The van der Waals surface area contributed by atoms with Crippen LogP contribution in [0.4, 0.5) is 0 Å². The Morgan fingerprint density at radius 1 is 1.00 bits per heavy atom. The van der Waals surface area contributed by atoms with Crippen LogP contribution in [-0.4, -0.2) is 14.8 Å². The second kappa shape index (κ2) is 4.12. The van der Waals surface area contributed by atoms with Crippen LogP contribution in [0.5, 0.6) is 0 Å². The quantitative estimate of drug-likeness (QED) is 0.552. The van der Waals surface area contributed by atoms with Crippen molar-refractivity contribution in [3.63, 3.8) is 0 Å². The number of rotatable bonds is 1. The van der Waals surface area contributed by atoms with Crippen molar-refractivity contribution in [3.8, 4) is 11.1 Å². The zero-order valence-electron chi connectivity index (χ0n) is 10.9. The molecular weight excluding hydrogens is 270 g/mol. The topological polar surface area (TPSA) is 33.6 Å². The van der Waals surface area contributed by atoms with Gasteiger partial charge in [0.15, 0.2) is 0 Å². The van der Waals surface area contributed by atoms with Crippen LogP contribution in [0.1, 0.15) is 0 Å². The molecule has 20 heavy (non-hydrogen) atoms. The average molecular weight is 282 g/mol. The molecule has 0 aliphatic rings. The Kier molecular flexibility index (Phi) is 2.38. The number of halogens is 1. The van der Waals surface area contributed by atoms with E-state index >= 15 is 0 Å². The number of hydrogen-bond acceptors (Lipinski definition) is 1.